The zero-order valence-corrected chi connectivity index (χ0v) is 16.3. The van der Waals surface area contributed by atoms with Crippen LogP contribution in [0.4, 0.5) is 5.69 Å². The van der Waals surface area contributed by atoms with Crippen molar-refractivity contribution in [2.24, 2.45) is 0 Å². The van der Waals surface area contributed by atoms with Gasteiger partial charge < -0.3 is 14.6 Å². The fraction of sp³-hybridized carbons (Fsp3) is 0.364. The van der Waals surface area contributed by atoms with E-state index in [0.29, 0.717) is 13.0 Å². The van der Waals surface area contributed by atoms with Crippen molar-refractivity contribution in [2.75, 3.05) is 37.6 Å². The van der Waals surface area contributed by atoms with Crippen molar-refractivity contribution in [1.29, 1.82) is 0 Å². The third-order valence-electron chi connectivity index (χ3n) is 5.27. The fourth-order valence-corrected chi connectivity index (χ4v) is 3.66. The van der Waals surface area contributed by atoms with Crippen LogP contribution in [0.1, 0.15) is 17.7 Å². The summed E-state index contributed by atoms with van der Waals surface area (Å²) in [5.41, 5.74) is 4.37. The SMILES string of the molecule is Cc1cccc(N2CCN(CCC(=O)NCc3cn4ccccc4n3)CC2)c1. The number of piperazine rings is 1. The Labute approximate surface area is 165 Å². The first-order valence-electron chi connectivity index (χ1n) is 9.91. The maximum Gasteiger partial charge on any atom is 0.221 e. The lowest BCUT2D eigenvalue weighted by atomic mass is 10.2. The highest BCUT2D eigenvalue weighted by Gasteiger charge is 2.18. The number of hydrogen-bond donors (Lipinski definition) is 1. The summed E-state index contributed by atoms with van der Waals surface area (Å²) in [6.45, 7) is 7.41. The van der Waals surface area contributed by atoms with E-state index in [9.17, 15) is 4.79 Å². The molecule has 146 valence electrons. The van der Waals surface area contributed by atoms with E-state index < -0.39 is 0 Å². The van der Waals surface area contributed by atoms with Gasteiger partial charge in [0.15, 0.2) is 0 Å². The largest absolute Gasteiger partial charge is 0.369 e. The maximum absolute atomic E-state index is 12.2. The molecule has 1 aromatic carbocycles. The molecule has 0 unspecified atom stereocenters. The number of benzene rings is 1. The van der Waals surface area contributed by atoms with Crippen LogP contribution in [0.3, 0.4) is 0 Å². The molecule has 3 aromatic rings. The molecular weight excluding hydrogens is 350 g/mol. The molecule has 0 radical (unpaired) electrons. The number of hydrogen-bond acceptors (Lipinski definition) is 4. The number of fused-ring (bicyclic) bond motifs is 1. The molecule has 4 rings (SSSR count). The second-order valence-corrected chi connectivity index (χ2v) is 7.39. The van der Waals surface area contributed by atoms with Crippen molar-refractivity contribution in [2.45, 2.75) is 19.9 Å². The molecule has 28 heavy (non-hydrogen) atoms. The minimum Gasteiger partial charge on any atom is -0.369 e. The Morgan fingerprint density at radius 2 is 1.96 bits per heavy atom. The quantitative estimate of drug-likeness (QED) is 0.717. The highest BCUT2D eigenvalue weighted by molar-refractivity contribution is 5.76. The van der Waals surface area contributed by atoms with Gasteiger partial charge in [0.2, 0.25) is 5.91 Å². The van der Waals surface area contributed by atoms with E-state index in [-0.39, 0.29) is 5.91 Å². The number of imidazole rings is 1. The van der Waals surface area contributed by atoms with Gasteiger partial charge in [-0.25, -0.2) is 4.98 Å². The van der Waals surface area contributed by atoms with Crippen molar-refractivity contribution in [3.8, 4) is 0 Å². The second-order valence-electron chi connectivity index (χ2n) is 7.39. The molecule has 0 saturated carbocycles. The van der Waals surface area contributed by atoms with Gasteiger partial charge in [0.1, 0.15) is 5.65 Å². The average Bonchev–Trinajstić information content (AvgIpc) is 3.14. The first kappa shape index (κ1) is 18.5. The van der Waals surface area contributed by atoms with Crippen molar-refractivity contribution < 1.29 is 4.79 Å². The van der Waals surface area contributed by atoms with Crippen LogP contribution in [0.25, 0.3) is 5.65 Å². The van der Waals surface area contributed by atoms with Crippen molar-refractivity contribution in [3.05, 3.63) is 66.1 Å². The van der Waals surface area contributed by atoms with E-state index in [2.05, 4.69) is 51.3 Å². The highest BCUT2D eigenvalue weighted by Crippen LogP contribution is 2.17. The van der Waals surface area contributed by atoms with E-state index in [1.807, 2.05) is 35.0 Å². The molecule has 3 heterocycles. The summed E-state index contributed by atoms with van der Waals surface area (Å²) in [5, 5.41) is 2.99. The Hall–Kier alpha value is -2.86. The maximum atomic E-state index is 12.2. The lowest BCUT2D eigenvalue weighted by Gasteiger charge is -2.36. The molecular formula is C22H27N5O. The standard InChI is InChI=1S/C22H27N5O/c1-18-5-4-6-20(15-18)26-13-11-25(12-14-26)10-8-22(28)23-16-19-17-27-9-3-2-7-21(27)24-19/h2-7,9,15,17H,8,10-14,16H2,1H3,(H,23,28). The molecule has 6 heteroatoms. The summed E-state index contributed by atoms with van der Waals surface area (Å²) >= 11 is 0. The Kier molecular flexibility index (Phi) is 5.58. The number of aromatic nitrogens is 2. The Bertz CT molecular complexity index is 910. The summed E-state index contributed by atoms with van der Waals surface area (Å²) in [6.07, 6.45) is 4.45. The summed E-state index contributed by atoms with van der Waals surface area (Å²) < 4.78 is 1.97. The molecule has 1 aliphatic rings. The van der Waals surface area contributed by atoms with Gasteiger partial charge in [-0.15, -0.1) is 0 Å². The van der Waals surface area contributed by atoms with Gasteiger partial charge in [-0.3, -0.25) is 9.69 Å². The third kappa shape index (κ3) is 4.51. The van der Waals surface area contributed by atoms with Crippen LogP contribution < -0.4 is 10.2 Å². The number of nitrogens with zero attached hydrogens (tertiary/aromatic N) is 4. The van der Waals surface area contributed by atoms with Crippen LogP contribution in [0.2, 0.25) is 0 Å². The molecule has 2 aromatic heterocycles. The predicted octanol–water partition coefficient (Wildman–Crippen LogP) is 2.47. The normalized spacial score (nSPS) is 15.1. The van der Waals surface area contributed by atoms with Gasteiger partial charge in [0.25, 0.3) is 0 Å². The monoisotopic (exact) mass is 377 g/mol. The van der Waals surface area contributed by atoms with Gasteiger partial charge in [0, 0.05) is 57.2 Å². The summed E-state index contributed by atoms with van der Waals surface area (Å²) in [4.78, 5) is 21.5. The molecule has 6 nitrogen and oxygen atoms in total. The van der Waals surface area contributed by atoms with Crippen molar-refractivity contribution in [3.63, 3.8) is 0 Å². The van der Waals surface area contributed by atoms with Crippen LogP contribution in [-0.4, -0.2) is 52.9 Å². The molecule has 1 fully saturated rings. The Balaban J connectivity index is 1.19. The van der Waals surface area contributed by atoms with E-state index in [1.54, 1.807) is 0 Å². The van der Waals surface area contributed by atoms with Crippen molar-refractivity contribution in [1.82, 2.24) is 19.6 Å². The fourth-order valence-electron chi connectivity index (χ4n) is 3.66. The molecule has 0 spiro atoms. The van der Waals surface area contributed by atoms with Gasteiger partial charge in [0.05, 0.1) is 12.2 Å². The Morgan fingerprint density at radius 3 is 2.75 bits per heavy atom. The summed E-state index contributed by atoms with van der Waals surface area (Å²) in [7, 11) is 0. The summed E-state index contributed by atoms with van der Waals surface area (Å²) in [6, 6.07) is 14.5. The lowest BCUT2D eigenvalue weighted by molar-refractivity contribution is -0.121. The molecule has 1 saturated heterocycles. The van der Waals surface area contributed by atoms with Crippen LogP contribution in [0.15, 0.2) is 54.9 Å². The zero-order valence-electron chi connectivity index (χ0n) is 16.3. The van der Waals surface area contributed by atoms with E-state index in [1.165, 1.54) is 11.3 Å². The van der Waals surface area contributed by atoms with E-state index >= 15 is 0 Å². The van der Waals surface area contributed by atoms with E-state index in [4.69, 9.17) is 0 Å². The van der Waals surface area contributed by atoms with Crippen LogP contribution in [-0.2, 0) is 11.3 Å². The molecule has 0 atom stereocenters. The summed E-state index contributed by atoms with van der Waals surface area (Å²) in [5.74, 6) is 0.0816. The van der Waals surface area contributed by atoms with Crippen molar-refractivity contribution >= 4 is 17.2 Å². The van der Waals surface area contributed by atoms with Gasteiger partial charge in [-0.05, 0) is 36.8 Å². The van der Waals surface area contributed by atoms with Crippen LogP contribution in [0, 0.1) is 6.92 Å². The first-order chi connectivity index (χ1) is 13.7. The molecule has 0 bridgehead atoms. The smallest absolute Gasteiger partial charge is 0.221 e. The molecule has 0 aliphatic carbocycles. The molecule has 1 aliphatic heterocycles. The minimum atomic E-state index is 0.0816. The van der Waals surface area contributed by atoms with E-state index in [0.717, 1.165) is 44.1 Å². The topological polar surface area (TPSA) is 52.9 Å². The number of amides is 1. The number of carbonyl (C=O) groups is 1. The van der Waals surface area contributed by atoms with Gasteiger partial charge in [-0.2, -0.15) is 0 Å². The van der Waals surface area contributed by atoms with Gasteiger partial charge >= 0.3 is 0 Å². The number of carbonyl (C=O) groups excluding carboxylic acids is 1. The predicted molar refractivity (Wildman–Crippen MR) is 111 cm³/mol. The number of rotatable bonds is 6. The molecule has 1 N–H and O–H groups in total. The number of aryl methyl sites for hydroxylation is 1. The number of nitrogens with one attached hydrogen (secondary N) is 1. The number of pyridine rings is 1. The van der Waals surface area contributed by atoms with Crippen LogP contribution in [0.5, 0.6) is 0 Å². The average molecular weight is 377 g/mol. The van der Waals surface area contributed by atoms with Gasteiger partial charge in [-0.1, -0.05) is 18.2 Å². The Morgan fingerprint density at radius 1 is 1.11 bits per heavy atom. The first-order valence-corrected chi connectivity index (χ1v) is 9.91. The molecule has 1 amide bonds. The van der Waals surface area contributed by atoms with Crippen LogP contribution >= 0.6 is 0 Å². The lowest BCUT2D eigenvalue weighted by Crippen LogP contribution is -2.47. The zero-order chi connectivity index (χ0) is 19.3. The minimum absolute atomic E-state index is 0.0816. The number of anilines is 1. The third-order valence-corrected chi connectivity index (χ3v) is 5.27. The second kappa shape index (κ2) is 8.44. The highest BCUT2D eigenvalue weighted by atomic mass is 16.1.